The largest absolute Gasteiger partial charge is 0.356 e. The summed E-state index contributed by atoms with van der Waals surface area (Å²) in [5.74, 6) is -2.87. The van der Waals surface area contributed by atoms with Gasteiger partial charge in [0.25, 0.3) is 11.8 Å². The maximum Gasteiger partial charge on any atom is 0.356 e. The average molecular weight is 425 g/mol. The highest BCUT2D eigenvalue weighted by Gasteiger charge is 2.24. The third kappa shape index (κ3) is 4.87. The quantitative estimate of drug-likeness (QED) is 0.333. The number of rotatable bonds is 7. The van der Waals surface area contributed by atoms with Crippen molar-refractivity contribution in [3.8, 4) is 0 Å². The van der Waals surface area contributed by atoms with Gasteiger partial charge in [0.1, 0.15) is 12.1 Å². The van der Waals surface area contributed by atoms with E-state index in [9.17, 15) is 24.1 Å². The first-order valence-electron chi connectivity index (χ1n) is 8.80. The molecule has 0 aliphatic heterocycles. The number of anilines is 2. The van der Waals surface area contributed by atoms with E-state index in [0.29, 0.717) is 11.1 Å². The zero-order valence-electron chi connectivity index (χ0n) is 16.0. The third-order valence-corrected chi connectivity index (χ3v) is 4.10. The highest BCUT2D eigenvalue weighted by Crippen LogP contribution is 2.27. The van der Waals surface area contributed by atoms with Crippen LogP contribution in [-0.2, 0) is 0 Å². The van der Waals surface area contributed by atoms with Crippen LogP contribution in [0.3, 0.4) is 0 Å². The standard InChI is InChI=1S/C19H16FN7O4/c1-11-6-2-3-7-12(11)18(28)25-23-16-15(27(30)31)17(22-10-21-16)24-26-19(29)13-8-4-5-9-14(13)20/h2-10H,1H3,(H,25,28)(H,26,29)(H2,21,22,23,24). The van der Waals surface area contributed by atoms with Gasteiger partial charge in [0.2, 0.25) is 11.6 Å². The van der Waals surface area contributed by atoms with Crippen molar-refractivity contribution in [2.24, 2.45) is 0 Å². The minimum Gasteiger partial charge on any atom is -0.276 e. The Labute approximate surface area is 174 Å². The van der Waals surface area contributed by atoms with Gasteiger partial charge < -0.3 is 0 Å². The summed E-state index contributed by atoms with van der Waals surface area (Å²) in [6.45, 7) is 1.74. The second-order valence-corrected chi connectivity index (χ2v) is 6.13. The second kappa shape index (κ2) is 9.26. The van der Waals surface area contributed by atoms with Gasteiger partial charge in [-0.3, -0.25) is 41.4 Å². The van der Waals surface area contributed by atoms with Crippen LogP contribution in [0.1, 0.15) is 26.3 Å². The molecule has 0 spiro atoms. The molecule has 1 heterocycles. The lowest BCUT2D eigenvalue weighted by Gasteiger charge is -2.12. The zero-order valence-corrected chi connectivity index (χ0v) is 16.0. The number of benzene rings is 2. The first-order chi connectivity index (χ1) is 14.9. The molecular formula is C19H16FN7O4. The Morgan fingerprint density at radius 3 is 1.97 bits per heavy atom. The molecule has 0 aliphatic rings. The lowest BCUT2D eigenvalue weighted by Crippen LogP contribution is -2.32. The predicted octanol–water partition coefficient (Wildman–Crippen LogP) is 2.35. The Morgan fingerprint density at radius 1 is 0.903 bits per heavy atom. The lowest BCUT2D eigenvalue weighted by molar-refractivity contribution is -0.383. The molecule has 31 heavy (non-hydrogen) atoms. The van der Waals surface area contributed by atoms with Gasteiger partial charge in [-0.25, -0.2) is 14.4 Å². The molecule has 2 amide bonds. The van der Waals surface area contributed by atoms with Gasteiger partial charge in [-0.1, -0.05) is 30.3 Å². The van der Waals surface area contributed by atoms with E-state index < -0.39 is 28.2 Å². The summed E-state index contributed by atoms with van der Waals surface area (Å²) in [6, 6.07) is 12.0. The minimum atomic E-state index is -0.867. The van der Waals surface area contributed by atoms with E-state index in [1.165, 1.54) is 18.2 Å². The maximum atomic E-state index is 13.7. The number of hydrogen-bond acceptors (Lipinski definition) is 8. The number of carbonyl (C=O) groups excluding carboxylic acids is 2. The molecule has 0 saturated carbocycles. The summed E-state index contributed by atoms with van der Waals surface area (Å²) >= 11 is 0. The molecule has 158 valence electrons. The van der Waals surface area contributed by atoms with Gasteiger partial charge in [-0.05, 0) is 30.7 Å². The molecule has 12 heteroatoms. The van der Waals surface area contributed by atoms with Gasteiger partial charge in [0, 0.05) is 5.56 Å². The third-order valence-electron chi connectivity index (χ3n) is 4.10. The van der Waals surface area contributed by atoms with Crippen molar-refractivity contribution in [3.05, 3.63) is 87.5 Å². The normalized spacial score (nSPS) is 10.1. The van der Waals surface area contributed by atoms with Crippen LogP contribution in [0.15, 0.2) is 54.9 Å². The van der Waals surface area contributed by atoms with Crippen LogP contribution < -0.4 is 21.7 Å². The molecule has 0 radical (unpaired) electrons. The first-order valence-corrected chi connectivity index (χ1v) is 8.80. The predicted molar refractivity (Wildman–Crippen MR) is 108 cm³/mol. The first kappa shape index (κ1) is 21.1. The molecular weight excluding hydrogens is 409 g/mol. The minimum absolute atomic E-state index is 0.268. The summed E-state index contributed by atoms with van der Waals surface area (Å²) < 4.78 is 13.7. The molecule has 1 aromatic heterocycles. The number of aryl methyl sites for hydroxylation is 1. The number of amides is 2. The molecule has 2 aromatic carbocycles. The number of hydrogen-bond donors (Lipinski definition) is 4. The van der Waals surface area contributed by atoms with Crippen molar-refractivity contribution in [1.82, 2.24) is 20.8 Å². The van der Waals surface area contributed by atoms with Crippen LogP contribution in [0.2, 0.25) is 0 Å². The fraction of sp³-hybridized carbons (Fsp3) is 0.0526. The fourth-order valence-corrected chi connectivity index (χ4v) is 2.57. The molecule has 0 unspecified atom stereocenters. The van der Waals surface area contributed by atoms with E-state index in [1.807, 2.05) is 0 Å². The summed E-state index contributed by atoms with van der Waals surface area (Å²) in [5, 5.41) is 11.5. The van der Waals surface area contributed by atoms with E-state index in [4.69, 9.17) is 0 Å². The zero-order chi connectivity index (χ0) is 22.4. The summed E-state index contributed by atoms with van der Waals surface area (Å²) in [7, 11) is 0. The number of nitrogens with one attached hydrogen (secondary N) is 4. The summed E-state index contributed by atoms with van der Waals surface area (Å²) in [5.41, 5.74) is 9.28. The fourth-order valence-electron chi connectivity index (χ4n) is 2.57. The van der Waals surface area contributed by atoms with Gasteiger partial charge >= 0.3 is 5.69 Å². The van der Waals surface area contributed by atoms with Crippen molar-refractivity contribution in [3.63, 3.8) is 0 Å². The molecule has 0 aliphatic carbocycles. The lowest BCUT2D eigenvalue weighted by atomic mass is 10.1. The van der Waals surface area contributed by atoms with Crippen LogP contribution >= 0.6 is 0 Å². The molecule has 0 atom stereocenters. The van der Waals surface area contributed by atoms with Crippen LogP contribution in [0.5, 0.6) is 0 Å². The van der Waals surface area contributed by atoms with Crippen LogP contribution in [-0.4, -0.2) is 26.7 Å². The molecule has 0 bridgehead atoms. The molecule has 4 N–H and O–H groups in total. The monoisotopic (exact) mass is 425 g/mol. The van der Waals surface area contributed by atoms with E-state index in [-0.39, 0.29) is 17.2 Å². The van der Waals surface area contributed by atoms with E-state index >= 15 is 0 Å². The highest BCUT2D eigenvalue weighted by atomic mass is 19.1. The van der Waals surface area contributed by atoms with Crippen molar-refractivity contribution in [1.29, 1.82) is 0 Å². The Balaban J connectivity index is 1.76. The molecule has 0 saturated heterocycles. The average Bonchev–Trinajstić information content (AvgIpc) is 2.76. The van der Waals surface area contributed by atoms with E-state index in [0.717, 1.165) is 12.4 Å². The number of nitro groups is 1. The smallest absolute Gasteiger partial charge is 0.276 e. The second-order valence-electron chi connectivity index (χ2n) is 6.13. The Bertz CT molecular complexity index is 1080. The summed E-state index contributed by atoms with van der Waals surface area (Å²) in [4.78, 5) is 42.6. The SMILES string of the molecule is Cc1ccccc1C(=O)NNc1ncnc(NNC(=O)c2ccccc2F)c1[N+](=O)[O-]. The van der Waals surface area contributed by atoms with Gasteiger partial charge in [0.15, 0.2) is 0 Å². The number of carbonyl (C=O) groups is 2. The van der Waals surface area contributed by atoms with Crippen LogP contribution in [0, 0.1) is 22.9 Å². The van der Waals surface area contributed by atoms with Gasteiger partial charge in [0.05, 0.1) is 10.5 Å². The number of nitrogens with zero attached hydrogens (tertiary/aromatic N) is 3. The maximum absolute atomic E-state index is 13.7. The number of aromatic nitrogens is 2. The van der Waals surface area contributed by atoms with Crippen molar-refractivity contribution < 1.29 is 18.9 Å². The topological polar surface area (TPSA) is 151 Å². The van der Waals surface area contributed by atoms with Crippen LogP contribution in [0.4, 0.5) is 21.7 Å². The molecule has 3 aromatic rings. The van der Waals surface area contributed by atoms with E-state index in [2.05, 4.69) is 31.7 Å². The molecule has 11 nitrogen and oxygen atoms in total. The number of halogens is 1. The van der Waals surface area contributed by atoms with Gasteiger partial charge in [-0.2, -0.15) is 0 Å². The Hall–Kier alpha value is -4.61. The van der Waals surface area contributed by atoms with Gasteiger partial charge in [-0.15, -0.1) is 0 Å². The summed E-state index contributed by atoms with van der Waals surface area (Å²) in [6.07, 6.45) is 0.979. The van der Waals surface area contributed by atoms with E-state index in [1.54, 1.807) is 31.2 Å². The van der Waals surface area contributed by atoms with Crippen molar-refractivity contribution in [2.45, 2.75) is 6.92 Å². The van der Waals surface area contributed by atoms with Crippen LogP contribution in [0.25, 0.3) is 0 Å². The highest BCUT2D eigenvalue weighted by molar-refractivity contribution is 5.97. The van der Waals surface area contributed by atoms with Crippen molar-refractivity contribution >= 4 is 29.1 Å². The Kier molecular flexibility index (Phi) is 6.30. The molecule has 3 rings (SSSR count). The van der Waals surface area contributed by atoms with Crippen molar-refractivity contribution in [2.75, 3.05) is 10.9 Å². The molecule has 0 fully saturated rings. The number of hydrazine groups is 2. The Morgan fingerprint density at radius 2 is 1.42 bits per heavy atom.